The first-order chi connectivity index (χ1) is 15.6. The SMILES string of the molecule is N#CCCN(C(=O)COC(=O)c1ccc(OCc2ccccc2)cc1)c1ccccc1F. The topological polar surface area (TPSA) is 79.6 Å². The molecule has 0 heterocycles. The lowest BCUT2D eigenvalue weighted by Crippen LogP contribution is -2.36. The van der Waals surface area contributed by atoms with Crippen molar-refractivity contribution in [2.24, 2.45) is 0 Å². The van der Waals surface area contributed by atoms with Gasteiger partial charge in [0, 0.05) is 6.54 Å². The van der Waals surface area contributed by atoms with Crippen LogP contribution < -0.4 is 9.64 Å². The van der Waals surface area contributed by atoms with E-state index in [2.05, 4.69) is 0 Å². The fourth-order valence-electron chi connectivity index (χ4n) is 2.93. The Kier molecular flexibility index (Phi) is 7.93. The van der Waals surface area contributed by atoms with Crippen molar-refractivity contribution in [2.75, 3.05) is 18.1 Å². The van der Waals surface area contributed by atoms with E-state index in [9.17, 15) is 14.0 Å². The van der Waals surface area contributed by atoms with E-state index >= 15 is 0 Å². The lowest BCUT2D eigenvalue weighted by atomic mass is 10.2. The van der Waals surface area contributed by atoms with E-state index in [1.54, 1.807) is 18.2 Å². The molecule has 0 bridgehead atoms. The third-order valence-corrected chi connectivity index (χ3v) is 4.56. The van der Waals surface area contributed by atoms with Crippen LogP contribution in [0.4, 0.5) is 10.1 Å². The molecule has 3 rings (SSSR count). The first kappa shape index (κ1) is 22.5. The zero-order valence-electron chi connectivity index (χ0n) is 17.2. The van der Waals surface area contributed by atoms with Crippen molar-refractivity contribution in [1.29, 1.82) is 5.26 Å². The molecule has 0 spiro atoms. The van der Waals surface area contributed by atoms with Gasteiger partial charge in [-0.1, -0.05) is 42.5 Å². The minimum atomic E-state index is -0.693. The molecule has 0 saturated heterocycles. The van der Waals surface area contributed by atoms with Crippen LogP contribution in [0.1, 0.15) is 22.3 Å². The number of nitriles is 1. The van der Waals surface area contributed by atoms with Gasteiger partial charge >= 0.3 is 5.97 Å². The summed E-state index contributed by atoms with van der Waals surface area (Å²) in [6.07, 6.45) is 0.0124. The molecule has 0 saturated carbocycles. The minimum absolute atomic E-state index is 0.0124. The van der Waals surface area contributed by atoms with Crippen LogP contribution in [0, 0.1) is 17.1 Å². The summed E-state index contributed by atoms with van der Waals surface area (Å²) in [6, 6.07) is 23.7. The molecule has 0 fully saturated rings. The number of rotatable bonds is 9. The maximum atomic E-state index is 14.1. The number of esters is 1. The Labute approximate surface area is 185 Å². The van der Waals surface area contributed by atoms with Gasteiger partial charge in [-0.15, -0.1) is 0 Å². The van der Waals surface area contributed by atoms with Crippen molar-refractivity contribution in [1.82, 2.24) is 0 Å². The number of amides is 1. The second kappa shape index (κ2) is 11.3. The van der Waals surface area contributed by atoms with E-state index in [0.717, 1.165) is 10.5 Å². The summed E-state index contributed by atoms with van der Waals surface area (Å²) in [5.74, 6) is -1.33. The van der Waals surface area contributed by atoms with E-state index in [0.29, 0.717) is 12.4 Å². The van der Waals surface area contributed by atoms with Gasteiger partial charge in [0.2, 0.25) is 0 Å². The number of benzene rings is 3. The number of carbonyl (C=O) groups excluding carboxylic acids is 2. The van der Waals surface area contributed by atoms with Gasteiger partial charge in [0.05, 0.1) is 23.7 Å². The summed E-state index contributed by atoms with van der Waals surface area (Å²) in [7, 11) is 0. The average molecular weight is 432 g/mol. The Hall–Kier alpha value is -4.18. The molecule has 0 aliphatic carbocycles. The number of hydrogen-bond donors (Lipinski definition) is 0. The van der Waals surface area contributed by atoms with Gasteiger partial charge in [-0.25, -0.2) is 9.18 Å². The standard InChI is InChI=1S/C25H21FN2O4/c26-22-9-4-5-10-23(22)28(16-6-15-27)24(29)18-32-25(30)20-11-13-21(14-12-20)31-17-19-7-2-1-3-8-19/h1-5,7-14H,6,16-18H2. The Bertz CT molecular complexity index is 1090. The van der Waals surface area contributed by atoms with Crippen LogP contribution in [0.2, 0.25) is 0 Å². The van der Waals surface area contributed by atoms with Gasteiger partial charge < -0.3 is 14.4 Å². The van der Waals surface area contributed by atoms with E-state index in [1.165, 1.54) is 30.3 Å². The van der Waals surface area contributed by atoms with E-state index in [-0.39, 0.29) is 24.2 Å². The van der Waals surface area contributed by atoms with Crippen molar-refractivity contribution in [3.8, 4) is 11.8 Å². The van der Waals surface area contributed by atoms with Crippen LogP contribution in [-0.2, 0) is 16.1 Å². The number of carbonyl (C=O) groups is 2. The van der Waals surface area contributed by atoms with Crippen molar-refractivity contribution in [3.05, 3.63) is 95.8 Å². The first-order valence-corrected chi connectivity index (χ1v) is 9.94. The van der Waals surface area contributed by atoms with Crippen LogP contribution >= 0.6 is 0 Å². The minimum Gasteiger partial charge on any atom is -0.489 e. The number of anilines is 1. The fourth-order valence-corrected chi connectivity index (χ4v) is 2.93. The Balaban J connectivity index is 1.57. The van der Waals surface area contributed by atoms with E-state index in [4.69, 9.17) is 14.7 Å². The summed E-state index contributed by atoms with van der Waals surface area (Å²) in [5.41, 5.74) is 1.30. The molecule has 162 valence electrons. The Morgan fingerprint density at radius 1 is 0.938 bits per heavy atom. The van der Waals surface area contributed by atoms with E-state index < -0.39 is 24.3 Å². The third-order valence-electron chi connectivity index (χ3n) is 4.56. The fraction of sp³-hybridized carbons (Fsp3) is 0.160. The molecule has 0 N–H and O–H groups in total. The molecule has 3 aromatic carbocycles. The molecule has 0 unspecified atom stereocenters. The molecule has 6 nitrogen and oxygen atoms in total. The second-order valence-corrected chi connectivity index (χ2v) is 6.78. The van der Waals surface area contributed by atoms with Gasteiger partial charge in [0.1, 0.15) is 18.2 Å². The van der Waals surface area contributed by atoms with Crippen LogP contribution in [-0.4, -0.2) is 25.0 Å². The average Bonchev–Trinajstić information content (AvgIpc) is 2.83. The number of ether oxygens (including phenoxy) is 2. The highest BCUT2D eigenvalue weighted by Crippen LogP contribution is 2.20. The quantitative estimate of drug-likeness (QED) is 0.465. The molecule has 32 heavy (non-hydrogen) atoms. The maximum absolute atomic E-state index is 14.1. The number of hydrogen-bond acceptors (Lipinski definition) is 5. The van der Waals surface area contributed by atoms with E-state index in [1.807, 2.05) is 36.4 Å². The molecular formula is C25H21FN2O4. The van der Waals surface area contributed by atoms with Gasteiger partial charge in [-0.3, -0.25) is 4.79 Å². The Morgan fingerprint density at radius 2 is 1.62 bits per heavy atom. The zero-order chi connectivity index (χ0) is 22.8. The molecule has 0 atom stereocenters. The van der Waals surface area contributed by atoms with Gasteiger partial charge in [0.25, 0.3) is 5.91 Å². The summed E-state index contributed by atoms with van der Waals surface area (Å²) in [5, 5.41) is 8.83. The monoisotopic (exact) mass is 432 g/mol. The van der Waals surface area contributed by atoms with Crippen LogP contribution in [0.25, 0.3) is 0 Å². The number of halogens is 1. The van der Waals surface area contributed by atoms with Gasteiger partial charge in [0.15, 0.2) is 6.61 Å². The largest absolute Gasteiger partial charge is 0.489 e. The molecular weight excluding hydrogens is 411 g/mol. The maximum Gasteiger partial charge on any atom is 0.338 e. The van der Waals surface area contributed by atoms with Crippen molar-refractivity contribution >= 4 is 17.6 Å². The predicted molar refractivity (Wildman–Crippen MR) is 116 cm³/mol. The Morgan fingerprint density at radius 3 is 2.31 bits per heavy atom. The highest BCUT2D eigenvalue weighted by atomic mass is 19.1. The highest BCUT2D eigenvalue weighted by molar-refractivity contribution is 5.97. The highest BCUT2D eigenvalue weighted by Gasteiger charge is 2.20. The lowest BCUT2D eigenvalue weighted by Gasteiger charge is -2.22. The smallest absolute Gasteiger partial charge is 0.338 e. The molecule has 0 radical (unpaired) electrons. The normalized spacial score (nSPS) is 10.1. The first-order valence-electron chi connectivity index (χ1n) is 9.94. The van der Waals surface area contributed by atoms with Crippen molar-refractivity contribution < 1.29 is 23.5 Å². The summed E-state index contributed by atoms with van der Waals surface area (Å²) in [4.78, 5) is 26.0. The number of para-hydroxylation sites is 1. The molecule has 0 aromatic heterocycles. The molecule has 0 aliphatic rings. The van der Waals surface area contributed by atoms with Crippen LogP contribution in [0.5, 0.6) is 5.75 Å². The lowest BCUT2D eigenvalue weighted by molar-refractivity contribution is -0.121. The summed E-state index contributed by atoms with van der Waals surface area (Å²) >= 11 is 0. The van der Waals surface area contributed by atoms with Crippen LogP contribution in [0.3, 0.4) is 0 Å². The third kappa shape index (κ3) is 6.16. The van der Waals surface area contributed by atoms with Gasteiger partial charge in [-0.2, -0.15) is 5.26 Å². The van der Waals surface area contributed by atoms with Crippen molar-refractivity contribution in [2.45, 2.75) is 13.0 Å². The molecule has 7 heteroatoms. The summed E-state index contributed by atoms with van der Waals surface area (Å²) < 4.78 is 24.9. The predicted octanol–water partition coefficient (Wildman–Crippen LogP) is 4.51. The van der Waals surface area contributed by atoms with Crippen LogP contribution in [0.15, 0.2) is 78.9 Å². The molecule has 3 aromatic rings. The molecule has 1 amide bonds. The number of nitrogens with zero attached hydrogens (tertiary/aromatic N) is 2. The second-order valence-electron chi connectivity index (χ2n) is 6.78. The molecule has 0 aliphatic heterocycles. The zero-order valence-corrected chi connectivity index (χ0v) is 17.2. The van der Waals surface area contributed by atoms with Crippen molar-refractivity contribution in [3.63, 3.8) is 0 Å². The van der Waals surface area contributed by atoms with Gasteiger partial charge in [-0.05, 0) is 42.0 Å². The summed E-state index contributed by atoms with van der Waals surface area (Å²) in [6.45, 7) is -0.195.